The predicted octanol–water partition coefficient (Wildman–Crippen LogP) is 3.31. The molecule has 1 aromatic rings. The molecule has 0 amide bonds. The van der Waals surface area contributed by atoms with Gasteiger partial charge < -0.3 is 16.0 Å². The second-order valence-corrected chi connectivity index (χ2v) is 5.42. The van der Waals surface area contributed by atoms with E-state index in [0.717, 1.165) is 38.0 Å². The van der Waals surface area contributed by atoms with Gasteiger partial charge in [0.15, 0.2) is 5.11 Å². The maximum absolute atomic E-state index is 5.32. The van der Waals surface area contributed by atoms with Crippen LogP contribution >= 0.6 is 24.4 Å². The van der Waals surface area contributed by atoms with Gasteiger partial charge in [0.1, 0.15) is 0 Å². The van der Waals surface area contributed by atoms with Crippen LogP contribution in [0, 0.1) is 13.8 Å². The van der Waals surface area contributed by atoms with Crippen molar-refractivity contribution in [3.63, 3.8) is 0 Å². The number of benzene rings is 1. The van der Waals surface area contributed by atoms with E-state index >= 15 is 0 Å². The smallest absolute Gasteiger partial charge is 0.170 e. The number of hydrogen-bond acceptors (Lipinski definition) is 2. The summed E-state index contributed by atoms with van der Waals surface area (Å²) in [5.41, 5.74) is 5.10. The van der Waals surface area contributed by atoms with Crippen molar-refractivity contribution in [2.75, 3.05) is 18.4 Å². The first-order valence-corrected chi connectivity index (χ1v) is 7.81. The van der Waals surface area contributed by atoms with Crippen LogP contribution in [0.15, 0.2) is 18.2 Å². The Labute approximate surface area is 132 Å². The molecule has 3 N–H and O–H groups in total. The van der Waals surface area contributed by atoms with Gasteiger partial charge in [-0.1, -0.05) is 30.4 Å². The molecular weight excluding hydrogens is 286 g/mol. The van der Waals surface area contributed by atoms with Crippen molar-refractivity contribution in [3.8, 4) is 0 Å². The Morgan fingerprint density at radius 3 is 2.40 bits per heavy atom. The SMILES string of the molecule is Cc1cccc(C)c1NC(=S)NCCCCCNC=S. The van der Waals surface area contributed by atoms with Crippen molar-refractivity contribution in [2.45, 2.75) is 33.1 Å². The van der Waals surface area contributed by atoms with Crippen LogP contribution in [0.3, 0.4) is 0 Å². The fourth-order valence-corrected chi connectivity index (χ4v) is 2.28. The maximum Gasteiger partial charge on any atom is 0.170 e. The first kappa shape index (κ1) is 16.9. The van der Waals surface area contributed by atoms with Crippen LogP contribution in [0.4, 0.5) is 5.69 Å². The summed E-state index contributed by atoms with van der Waals surface area (Å²) in [6.45, 7) is 6.02. The topological polar surface area (TPSA) is 36.1 Å². The minimum absolute atomic E-state index is 0.694. The van der Waals surface area contributed by atoms with Crippen LogP contribution in [-0.4, -0.2) is 23.7 Å². The Balaban J connectivity index is 2.22. The second-order valence-electron chi connectivity index (χ2n) is 4.78. The third kappa shape index (κ3) is 6.30. The number of hydrogen-bond donors (Lipinski definition) is 3. The molecule has 1 rings (SSSR count). The van der Waals surface area contributed by atoms with Crippen LogP contribution in [0.5, 0.6) is 0 Å². The summed E-state index contributed by atoms with van der Waals surface area (Å²) in [6.07, 6.45) is 3.40. The number of nitrogens with one attached hydrogen (secondary N) is 3. The molecule has 20 heavy (non-hydrogen) atoms. The fourth-order valence-electron chi connectivity index (χ4n) is 1.96. The number of rotatable bonds is 8. The van der Waals surface area contributed by atoms with Gasteiger partial charge in [-0.05, 0) is 56.5 Å². The van der Waals surface area contributed by atoms with E-state index in [-0.39, 0.29) is 0 Å². The summed E-state index contributed by atoms with van der Waals surface area (Å²) in [5.74, 6) is 0. The Bertz CT molecular complexity index is 426. The van der Waals surface area contributed by atoms with Gasteiger partial charge >= 0.3 is 0 Å². The van der Waals surface area contributed by atoms with Crippen LogP contribution in [0.2, 0.25) is 0 Å². The number of para-hydroxylation sites is 1. The highest BCUT2D eigenvalue weighted by atomic mass is 32.1. The standard InChI is InChI=1S/C15H23N3S2/c1-12-7-6-8-13(2)14(12)18-15(20)17-10-5-3-4-9-16-11-19/h6-8,11H,3-5,9-10H2,1-2H3,(H,16,19)(H2,17,18,20). The number of unbranched alkanes of at least 4 members (excludes halogenated alkanes) is 2. The highest BCUT2D eigenvalue weighted by Crippen LogP contribution is 2.19. The summed E-state index contributed by atoms with van der Waals surface area (Å²) in [7, 11) is 0. The molecule has 0 unspecified atom stereocenters. The van der Waals surface area contributed by atoms with Gasteiger partial charge in [0.2, 0.25) is 0 Å². The van der Waals surface area contributed by atoms with Gasteiger partial charge in [0, 0.05) is 18.8 Å². The molecule has 0 fully saturated rings. The molecule has 0 aliphatic heterocycles. The van der Waals surface area contributed by atoms with Gasteiger partial charge in [-0.2, -0.15) is 0 Å². The van der Waals surface area contributed by atoms with E-state index in [1.165, 1.54) is 11.1 Å². The normalized spacial score (nSPS) is 9.90. The van der Waals surface area contributed by atoms with Crippen molar-refractivity contribution in [1.82, 2.24) is 10.6 Å². The second kappa shape index (κ2) is 9.66. The van der Waals surface area contributed by atoms with Crippen molar-refractivity contribution in [3.05, 3.63) is 29.3 Å². The van der Waals surface area contributed by atoms with Gasteiger partial charge in [-0.3, -0.25) is 0 Å². The lowest BCUT2D eigenvalue weighted by Crippen LogP contribution is -2.29. The zero-order chi connectivity index (χ0) is 14.8. The molecule has 0 aliphatic carbocycles. The molecule has 3 nitrogen and oxygen atoms in total. The van der Waals surface area contributed by atoms with E-state index in [1.807, 2.05) is 0 Å². The van der Waals surface area contributed by atoms with E-state index in [4.69, 9.17) is 24.4 Å². The monoisotopic (exact) mass is 309 g/mol. The number of anilines is 1. The third-order valence-corrected chi connectivity index (χ3v) is 3.50. The van der Waals surface area contributed by atoms with E-state index in [1.54, 1.807) is 5.49 Å². The minimum atomic E-state index is 0.694. The zero-order valence-electron chi connectivity index (χ0n) is 12.2. The largest absolute Gasteiger partial charge is 0.382 e. The summed E-state index contributed by atoms with van der Waals surface area (Å²) < 4.78 is 0. The van der Waals surface area contributed by atoms with E-state index in [9.17, 15) is 0 Å². The number of thiocarbonyl (C=S) groups is 2. The Morgan fingerprint density at radius 2 is 1.75 bits per heavy atom. The lowest BCUT2D eigenvalue weighted by Gasteiger charge is -2.14. The highest BCUT2D eigenvalue weighted by Gasteiger charge is 2.03. The summed E-state index contributed by atoms with van der Waals surface area (Å²) in [5, 5.41) is 10.2. The molecule has 0 atom stereocenters. The average molecular weight is 310 g/mol. The quantitative estimate of drug-likeness (QED) is 0.507. The van der Waals surface area contributed by atoms with Gasteiger partial charge in [-0.15, -0.1) is 0 Å². The predicted molar refractivity (Wildman–Crippen MR) is 95.6 cm³/mol. The van der Waals surface area contributed by atoms with E-state index in [0.29, 0.717) is 5.11 Å². The summed E-state index contributed by atoms with van der Waals surface area (Å²) in [4.78, 5) is 0. The van der Waals surface area contributed by atoms with Crippen LogP contribution in [0.1, 0.15) is 30.4 Å². The summed E-state index contributed by atoms with van der Waals surface area (Å²) >= 11 is 10.0. The summed E-state index contributed by atoms with van der Waals surface area (Å²) in [6, 6.07) is 6.23. The zero-order valence-corrected chi connectivity index (χ0v) is 13.8. The Kier molecular flexibility index (Phi) is 8.14. The van der Waals surface area contributed by atoms with Gasteiger partial charge in [0.25, 0.3) is 0 Å². The molecule has 1 aromatic carbocycles. The van der Waals surface area contributed by atoms with Crippen LogP contribution in [-0.2, 0) is 0 Å². The lowest BCUT2D eigenvalue weighted by molar-refractivity contribution is 0.657. The van der Waals surface area contributed by atoms with Gasteiger partial charge in [0.05, 0.1) is 5.49 Å². The number of aryl methyl sites for hydroxylation is 2. The van der Waals surface area contributed by atoms with Crippen molar-refractivity contribution in [1.29, 1.82) is 0 Å². The van der Waals surface area contributed by atoms with Crippen molar-refractivity contribution >= 4 is 40.7 Å². The molecule has 0 saturated carbocycles. The molecule has 0 bridgehead atoms. The van der Waals surface area contributed by atoms with Gasteiger partial charge in [-0.25, -0.2) is 0 Å². The Morgan fingerprint density at radius 1 is 1.10 bits per heavy atom. The lowest BCUT2D eigenvalue weighted by atomic mass is 10.1. The van der Waals surface area contributed by atoms with Crippen molar-refractivity contribution < 1.29 is 0 Å². The molecule has 0 aromatic heterocycles. The molecule has 0 spiro atoms. The first-order chi connectivity index (χ1) is 9.65. The molecule has 0 aliphatic rings. The van der Waals surface area contributed by atoms with Crippen LogP contribution in [0.25, 0.3) is 0 Å². The van der Waals surface area contributed by atoms with Crippen molar-refractivity contribution in [2.24, 2.45) is 0 Å². The molecule has 0 radical (unpaired) electrons. The fraction of sp³-hybridized carbons (Fsp3) is 0.467. The molecule has 0 saturated heterocycles. The highest BCUT2D eigenvalue weighted by molar-refractivity contribution is 7.80. The maximum atomic E-state index is 5.32. The molecule has 5 heteroatoms. The van der Waals surface area contributed by atoms with E-state index < -0.39 is 0 Å². The Hall–Kier alpha value is -1.20. The molecular formula is C15H23N3S2. The molecule has 0 heterocycles. The van der Waals surface area contributed by atoms with E-state index in [2.05, 4.69) is 48.0 Å². The molecule has 110 valence electrons. The third-order valence-electron chi connectivity index (χ3n) is 3.09. The minimum Gasteiger partial charge on any atom is -0.382 e. The van der Waals surface area contributed by atoms with Crippen LogP contribution < -0.4 is 16.0 Å². The first-order valence-electron chi connectivity index (χ1n) is 6.93. The average Bonchev–Trinajstić information content (AvgIpc) is 2.42.